The smallest absolute Gasteiger partial charge is 0.231 e. The Morgan fingerprint density at radius 3 is 2.57 bits per heavy atom. The van der Waals surface area contributed by atoms with E-state index in [-0.39, 0.29) is 24.6 Å². The van der Waals surface area contributed by atoms with Gasteiger partial charge in [0, 0.05) is 30.4 Å². The number of hydrogen-bond donors (Lipinski definition) is 1. The fraction of sp³-hybridized carbons (Fsp3) is 0.294. The molecule has 3 atom stereocenters. The van der Waals surface area contributed by atoms with E-state index < -0.39 is 6.29 Å². The summed E-state index contributed by atoms with van der Waals surface area (Å²) in [5.74, 6) is 2.75. The molecule has 23 heavy (non-hydrogen) atoms. The molecular weight excluding hydrogens is 300 g/mol. The third kappa shape index (κ3) is 1.72. The first-order valence-electron chi connectivity index (χ1n) is 7.37. The van der Waals surface area contributed by atoms with Gasteiger partial charge in [0.1, 0.15) is 23.4 Å². The maximum absolute atomic E-state index is 9.68. The minimum atomic E-state index is -0.504. The molecule has 5 rings (SSSR count). The second-order valence-electron chi connectivity index (χ2n) is 5.75. The van der Waals surface area contributed by atoms with Gasteiger partial charge < -0.3 is 28.8 Å². The molecule has 0 unspecified atom stereocenters. The standard InChI is InChI=1S/C17H14O6/c1-19-17-15-10-5-13-14(21-7-20-13)6-12(10)22-16(15)9-3-2-8(18)4-11(9)23-17/h2-6,15-18H,7H2,1H3/t15-,16-,17-/m0/s1. The van der Waals surface area contributed by atoms with Gasteiger partial charge in [0.2, 0.25) is 13.1 Å². The maximum atomic E-state index is 9.68. The Balaban J connectivity index is 1.65. The van der Waals surface area contributed by atoms with Crippen molar-refractivity contribution in [3.8, 4) is 28.7 Å². The molecule has 3 heterocycles. The van der Waals surface area contributed by atoms with Crippen LogP contribution in [0.15, 0.2) is 30.3 Å². The number of phenolic OH excluding ortho intramolecular Hbond substituents is 1. The van der Waals surface area contributed by atoms with Crippen molar-refractivity contribution in [2.45, 2.75) is 18.3 Å². The first-order chi connectivity index (χ1) is 11.2. The Bertz CT molecular complexity index is 802. The molecule has 0 radical (unpaired) electrons. The first-order valence-corrected chi connectivity index (χ1v) is 7.37. The number of rotatable bonds is 1. The molecule has 3 aliphatic heterocycles. The quantitative estimate of drug-likeness (QED) is 0.873. The molecule has 0 saturated heterocycles. The normalized spacial score (nSPS) is 25.9. The van der Waals surface area contributed by atoms with Gasteiger partial charge in [0.25, 0.3) is 0 Å². The number of fused-ring (bicyclic) bond motifs is 6. The average Bonchev–Trinajstić information content (AvgIpc) is 3.14. The van der Waals surface area contributed by atoms with E-state index in [1.54, 1.807) is 19.2 Å². The maximum Gasteiger partial charge on any atom is 0.231 e. The molecule has 0 saturated carbocycles. The van der Waals surface area contributed by atoms with E-state index >= 15 is 0 Å². The van der Waals surface area contributed by atoms with E-state index in [1.807, 2.05) is 18.2 Å². The van der Waals surface area contributed by atoms with Gasteiger partial charge in [-0.1, -0.05) is 0 Å². The SMILES string of the molecule is CO[C@H]1Oc2cc(O)ccc2[C@@H]2Oc3cc4c(cc3[C@H]12)OCO4. The van der Waals surface area contributed by atoms with Crippen LogP contribution in [0.4, 0.5) is 0 Å². The van der Waals surface area contributed by atoms with Crippen LogP contribution in [-0.2, 0) is 4.74 Å². The van der Waals surface area contributed by atoms with E-state index in [0.29, 0.717) is 17.2 Å². The molecule has 6 heteroatoms. The zero-order chi connectivity index (χ0) is 15.6. The fourth-order valence-corrected chi connectivity index (χ4v) is 3.47. The molecule has 0 aliphatic carbocycles. The van der Waals surface area contributed by atoms with Crippen molar-refractivity contribution >= 4 is 0 Å². The number of methoxy groups -OCH3 is 1. The summed E-state index contributed by atoms with van der Waals surface area (Å²) in [6, 6.07) is 8.81. The highest BCUT2D eigenvalue weighted by molar-refractivity contribution is 5.58. The van der Waals surface area contributed by atoms with Crippen LogP contribution in [-0.4, -0.2) is 25.3 Å². The molecular formula is C17H14O6. The second kappa shape index (κ2) is 4.45. The molecule has 2 aromatic carbocycles. The van der Waals surface area contributed by atoms with Crippen molar-refractivity contribution in [3.63, 3.8) is 0 Å². The van der Waals surface area contributed by atoms with Crippen molar-refractivity contribution in [1.29, 1.82) is 0 Å². The Labute approximate surface area is 132 Å². The second-order valence-corrected chi connectivity index (χ2v) is 5.75. The van der Waals surface area contributed by atoms with Crippen LogP contribution in [0.25, 0.3) is 0 Å². The molecule has 6 nitrogen and oxygen atoms in total. The van der Waals surface area contributed by atoms with Crippen molar-refractivity contribution in [2.24, 2.45) is 0 Å². The van der Waals surface area contributed by atoms with Crippen LogP contribution >= 0.6 is 0 Å². The summed E-state index contributed by atoms with van der Waals surface area (Å²) in [4.78, 5) is 0. The summed E-state index contributed by atoms with van der Waals surface area (Å²) in [6.45, 7) is 0.221. The van der Waals surface area contributed by atoms with E-state index in [4.69, 9.17) is 23.7 Å². The molecule has 1 N–H and O–H groups in total. The zero-order valence-electron chi connectivity index (χ0n) is 12.3. The van der Waals surface area contributed by atoms with Gasteiger partial charge in [0.15, 0.2) is 11.5 Å². The van der Waals surface area contributed by atoms with E-state index in [1.165, 1.54) is 0 Å². The Kier molecular flexibility index (Phi) is 2.50. The Hall–Kier alpha value is -2.60. The lowest BCUT2D eigenvalue weighted by molar-refractivity contribution is -0.0994. The van der Waals surface area contributed by atoms with E-state index in [2.05, 4.69) is 0 Å². The van der Waals surface area contributed by atoms with Gasteiger partial charge in [-0.2, -0.15) is 0 Å². The topological polar surface area (TPSA) is 66.4 Å². The molecule has 0 spiro atoms. The molecule has 0 fully saturated rings. The summed E-state index contributed by atoms with van der Waals surface area (Å²) in [7, 11) is 1.60. The molecule has 0 aromatic heterocycles. The van der Waals surface area contributed by atoms with Crippen LogP contribution in [0.1, 0.15) is 23.1 Å². The first kappa shape index (κ1) is 12.9. The summed E-state index contributed by atoms with van der Waals surface area (Å²) in [5, 5.41) is 9.68. The fourth-order valence-electron chi connectivity index (χ4n) is 3.47. The van der Waals surface area contributed by atoms with Gasteiger partial charge in [0.05, 0.1) is 5.92 Å². The molecule has 0 amide bonds. The van der Waals surface area contributed by atoms with E-state index in [9.17, 15) is 5.11 Å². The monoisotopic (exact) mass is 314 g/mol. The number of benzene rings is 2. The number of aromatic hydroxyl groups is 1. The van der Waals surface area contributed by atoms with Crippen LogP contribution in [0.5, 0.6) is 28.7 Å². The molecule has 118 valence electrons. The van der Waals surface area contributed by atoms with Crippen molar-refractivity contribution < 1.29 is 28.8 Å². The number of ether oxygens (including phenoxy) is 5. The van der Waals surface area contributed by atoms with Gasteiger partial charge in [-0.15, -0.1) is 0 Å². The van der Waals surface area contributed by atoms with Gasteiger partial charge in [-0.3, -0.25) is 0 Å². The average molecular weight is 314 g/mol. The lowest BCUT2D eigenvalue weighted by Gasteiger charge is -2.33. The van der Waals surface area contributed by atoms with Gasteiger partial charge in [-0.05, 0) is 18.2 Å². The summed E-state index contributed by atoms with van der Waals surface area (Å²) in [5.41, 5.74) is 1.86. The van der Waals surface area contributed by atoms with Gasteiger partial charge >= 0.3 is 0 Å². The minimum Gasteiger partial charge on any atom is -0.508 e. The number of hydrogen-bond acceptors (Lipinski definition) is 6. The summed E-state index contributed by atoms with van der Waals surface area (Å²) >= 11 is 0. The predicted molar refractivity (Wildman–Crippen MR) is 78.2 cm³/mol. The van der Waals surface area contributed by atoms with Crippen LogP contribution < -0.4 is 18.9 Å². The molecule has 0 bridgehead atoms. The highest BCUT2D eigenvalue weighted by Crippen LogP contribution is 2.56. The third-order valence-corrected chi connectivity index (χ3v) is 4.52. The number of phenols is 1. The Morgan fingerprint density at radius 2 is 1.74 bits per heavy atom. The van der Waals surface area contributed by atoms with Crippen LogP contribution in [0, 0.1) is 0 Å². The van der Waals surface area contributed by atoms with E-state index in [0.717, 1.165) is 16.9 Å². The summed E-state index contributed by atoms with van der Waals surface area (Å²) in [6.07, 6.45) is -0.738. The minimum absolute atomic E-state index is 0.110. The van der Waals surface area contributed by atoms with Crippen molar-refractivity contribution in [1.82, 2.24) is 0 Å². The van der Waals surface area contributed by atoms with Crippen LogP contribution in [0.3, 0.4) is 0 Å². The lowest BCUT2D eigenvalue weighted by atomic mass is 9.88. The largest absolute Gasteiger partial charge is 0.508 e. The van der Waals surface area contributed by atoms with Crippen molar-refractivity contribution in [3.05, 3.63) is 41.5 Å². The third-order valence-electron chi connectivity index (χ3n) is 4.52. The van der Waals surface area contributed by atoms with Crippen molar-refractivity contribution in [2.75, 3.05) is 13.9 Å². The predicted octanol–water partition coefficient (Wildman–Crippen LogP) is 2.70. The lowest BCUT2D eigenvalue weighted by Crippen LogP contribution is -2.34. The Morgan fingerprint density at radius 1 is 0.957 bits per heavy atom. The highest BCUT2D eigenvalue weighted by Gasteiger charge is 2.47. The molecule has 3 aliphatic rings. The van der Waals surface area contributed by atoms with Gasteiger partial charge in [-0.25, -0.2) is 0 Å². The molecule has 2 aromatic rings. The summed E-state index contributed by atoms with van der Waals surface area (Å²) < 4.78 is 28.5. The zero-order valence-corrected chi connectivity index (χ0v) is 12.3. The van der Waals surface area contributed by atoms with Crippen LogP contribution in [0.2, 0.25) is 0 Å². The highest BCUT2D eigenvalue weighted by atomic mass is 16.7.